The number of pyridine rings is 1. The maximum absolute atomic E-state index is 11.6. The van der Waals surface area contributed by atoms with Gasteiger partial charge in [-0.3, -0.25) is 4.98 Å². The Morgan fingerprint density at radius 1 is 1.19 bits per heavy atom. The van der Waals surface area contributed by atoms with E-state index in [0.717, 1.165) is 49.4 Å². The Hall–Kier alpha value is -1.92. The molecule has 0 saturated carbocycles. The Labute approximate surface area is 154 Å². The van der Waals surface area contributed by atoms with E-state index in [2.05, 4.69) is 23.3 Å². The Kier molecular flexibility index (Phi) is 4.28. The molecule has 0 bridgehead atoms. The van der Waals surface area contributed by atoms with Crippen LogP contribution in [0.4, 0.5) is 0 Å². The molecule has 1 aromatic carbocycles. The van der Waals surface area contributed by atoms with Gasteiger partial charge in [-0.1, -0.05) is 12.1 Å². The number of ether oxygens (including phenoxy) is 1. The van der Waals surface area contributed by atoms with Crippen molar-refractivity contribution in [3.8, 4) is 17.0 Å². The van der Waals surface area contributed by atoms with Crippen molar-refractivity contribution in [2.75, 3.05) is 19.3 Å². The largest absolute Gasteiger partial charge is 0.485 e. The molecule has 4 rings (SSSR count). The van der Waals surface area contributed by atoms with Gasteiger partial charge < -0.3 is 10.1 Å². The minimum absolute atomic E-state index is 0.162. The third-order valence-corrected chi connectivity index (χ3v) is 6.74. The molecule has 26 heavy (non-hydrogen) atoms. The molecule has 2 aromatic rings. The van der Waals surface area contributed by atoms with Crippen molar-refractivity contribution in [3.63, 3.8) is 0 Å². The summed E-state index contributed by atoms with van der Waals surface area (Å²) in [6.07, 6.45) is 6.19. The fourth-order valence-electron chi connectivity index (χ4n) is 4.07. The zero-order chi connectivity index (χ0) is 18.4. The number of benzene rings is 1. The number of piperidine rings is 1. The predicted octanol–water partition coefficient (Wildman–Crippen LogP) is 2.85. The van der Waals surface area contributed by atoms with Crippen LogP contribution >= 0.6 is 0 Å². The standard InChI is InChI=1S/C20H24N2O3S/c1-20(16-7-9-21-10-8-16)12-15-11-18(22-13-19(15)25-20)14-3-5-17(6-4-14)26(2,23)24/h3-6,11,13,16,21H,7-10,12H2,1-2H3/t20-/m1/s1. The van der Waals surface area contributed by atoms with E-state index < -0.39 is 9.84 Å². The van der Waals surface area contributed by atoms with Crippen LogP contribution in [-0.2, 0) is 16.3 Å². The van der Waals surface area contributed by atoms with E-state index in [4.69, 9.17) is 4.74 Å². The summed E-state index contributed by atoms with van der Waals surface area (Å²) < 4.78 is 29.6. The van der Waals surface area contributed by atoms with Gasteiger partial charge in [0.25, 0.3) is 0 Å². The van der Waals surface area contributed by atoms with Crippen LogP contribution < -0.4 is 10.1 Å². The zero-order valence-corrected chi connectivity index (χ0v) is 16.0. The van der Waals surface area contributed by atoms with Gasteiger partial charge in [-0.25, -0.2) is 8.42 Å². The number of nitrogens with one attached hydrogen (secondary N) is 1. The van der Waals surface area contributed by atoms with Gasteiger partial charge in [0.1, 0.15) is 11.4 Å². The molecule has 1 aromatic heterocycles. The molecular weight excluding hydrogens is 348 g/mol. The highest BCUT2D eigenvalue weighted by molar-refractivity contribution is 7.90. The molecule has 0 aliphatic carbocycles. The minimum Gasteiger partial charge on any atom is -0.485 e. The van der Waals surface area contributed by atoms with Crippen LogP contribution in [0, 0.1) is 5.92 Å². The molecule has 1 N–H and O–H groups in total. The minimum atomic E-state index is -3.18. The molecule has 1 saturated heterocycles. The fraction of sp³-hybridized carbons (Fsp3) is 0.450. The van der Waals surface area contributed by atoms with Crippen molar-refractivity contribution < 1.29 is 13.2 Å². The quantitative estimate of drug-likeness (QED) is 0.897. The number of rotatable bonds is 3. The van der Waals surface area contributed by atoms with E-state index in [1.54, 1.807) is 12.1 Å². The van der Waals surface area contributed by atoms with Crippen LogP contribution in [0.15, 0.2) is 41.4 Å². The normalized spacial score (nSPS) is 23.5. The van der Waals surface area contributed by atoms with Gasteiger partial charge in [-0.15, -0.1) is 0 Å². The lowest BCUT2D eigenvalue weighted by molar-refractivity contribution is 0.0317. The molecular formula is C20H24N2O3S. The van der Waals surface area contributed by atoms with E-state index in [1.165, 1.54) is 11.8 Å². The summed E-state index contributed by atoms with van der Waals surface area (Å²) in [7, 11) is -3.18. The Bertz CT molecular complexity index is 919. The molecule has 1 atom stereocenters. The molecule has 2 aliphatic heterocycles. The number of nitrogens with zero attached hydrogens (tertiary/aromatic N) is 1. The average Bonchev–Trinajstić information content (AvgIpc) is 2.98. The highest BCUT2D eigenvalue weighted by atomic mass is 32.2. The summed E-state index contributed by atoms with van der Waals surface area (Å²) in [6.45, 7) is 4.32. The van der Waals surface area contributed by atoms with Gasteiger partial charge in [-0.2, -0.15) is 0 Å². The smallest absolute Gasteiger partial charge is 0.175 e. The van der Waals surface area contributed by atoms with Crippen LogP contribution in [0.1, 0.15) is 25.3 Å². The lowest BCUT2D eigenvalue weighted by Crippen LogP contribution is -2.44. The zero-order valence-electron chi connectivity index (χ0n) is 15.2. The second-order valence-electron chi connectivity index (χ2n) is 7.59. The van der Waals surface area contributed by atoms with E-state index in [9.17, 15) is 8.42 Å². The van der Waals surface area contributed by atoms with Crippen LogP contribution in [-0.4, -0.2) is 38.3 Å². The van der Waals surface area contributed by atoms with Gasteiger partial charge in [0.2, 0.25) is 0 Å². The predicted molar refractivity (Wildman–Crippen MR) is 101 cm³/mol. The maximum Gasteiger partial charge on any atom is 0.175 e. The molecule has 6 heteroatoms. The van der Waals surface area contributed by atoms with Gasteiger partial charge in [-0.05, 0) is 51.1 Å². The number of hydrogen-bond acceptors (Lipinski definition) is 5. The van der Waals surface area contributed by atoms with Crippen molar-refractivity contribution in [1.29, 1.82) is 0 Å². The Balaban J connectivity index is 1.59. The van der Waals surface area contributed by atoms with Crippen LogP contribution in [0.25, 0.3) is 11.3 Å². The van der Waals surface area contributed by atoms with Gasteiger partial charge in [0, 0.05) is 29.7 Å². The molecule has 0 radical (unpaired) electrons. The summed E-state index contributed by atoms with van der Waals surface area (Å²) >= 11 is 0. The molecule has 0 amide bonds. The Morgan fingerprint density at radius 3 is 2.54 bits per heavy atom. The average molecular weight is 372 g/mol. The number of fused-ring (bicyclic) bond motifs is 1. The van der Waals surface area contributed by atoms with Crippen LogP contribution in [0.5, 0.6) is 5.75 Å². The highest BCUT2D eigenvalue weighted by Crippen LogP contribution is 2.42. The van der Waals surface area contributed by atoms with E-state index >= 15 is 0 Å². The van der Waals surface area contributed by atoms with Gasteiger partial charge in [0.05, 0.1) is 16.8 Å². The second kappa shape index (κ2) is 6.35. The summed E-state index contributed by atoms with van der Waals surface area (Å²) in [4.78, 5) is 4.86. The highest BCUT2D eigenvalue weighted by Gasteiger charge is 2.42. The maximum atomic E-state index is 11.6. The summed E-state index contributed by atoms with van der Waals surface area (Å²) in [5.41, 5.74) is 2.78. The first kappa shape index (κ1) is 17.5. The van der Waals surface area contributed by atoms with Crippen LogP contribution in [0.3, 0.4) is 0 Å². The number of aromatic nitrogens is 1. The lowest BCUT2D eigenvalue weighted by atomic mass is 9.79. The summed E-state index contributed by atoms with van der Waals surface area (Å²) in [6, 6.07) is 8.97. The molecule has 0 spiro atoms. The lowest BCUT2D eigenvalue weighted by Gasteiger charge is -2.36. The molecule has 0 unspecified atom stereocenters. The fourth-order valence-corrected chi connectivity index (χ4v) is 4.70. The third kappa shape index (κ3) is 3.23. The first-order valence-electron chi connectivity index (χ1n) is 9.04. The van der Waals surface area contributed by atoms with E-state index in [-0.39, 0.29) is 5.60 Å². The van der Waals surface area contributed by atoms with Crippen molar-refractivity contribution in [2.24, 2.45) is 5.92 Å². The van der Waals surface area contributed by atoms with E-state index in [1.807, 2.05) is 18.3 Å². The monoisotopic (exact) mass is 372 g/mol. The van der Waals surface area contributed by atoms with Crippen molar-refractivity contribution >= 4 is 9.84 Å². The first-order valence-corrected chi connectivity index (χ1v) is 10.9. The van der Waals surface area contributed by atoms with Crippen molar-refractivity contribution in [2.45, 2.75) is 36.7 Å². The summed E-state index contributed by atoms with van der Waals surface area (Å²) in [5, 5.41) is 3.41. The Morgan fingerprint density at radius 2 is 1.88 bits per heavy atom. The second-order valence-corrected chi connectivity index (χ2v) is 9.61. The molecule has 3 heterocycles. The van der Waals surface area contributed by atoms with E-state index in [0.29, 0.717) is 10.8 Å². The van der Waals surface area contributed by atoms with Crippen molar-refractivity contribution in [3.05, 3.63) is 42.1 Å². The van der Waals surface area contributed by atoms with Crippen molar-refractivity contribution in [1.82, 2.24) is 10.3 Å². The first-order chi connectivity index (χ1) is 12.4. The summed E-state index contributed by atoms with van der Waals surface area (Å²) in [5.74, 6) is 1.43. The van der Waals surface area contributed by atoms with Gasteiger partial charge >= 0.3 is 0 Å². The SMILES string of the molecule is C[C@]1(C2CCNCC2)Cc2cc(-c3ccc(S(C)(=O)=O)cc3)ncc2O1. The topological polar surface area (TPSA) is 68.3 Å². The molecule has 138 valence electrons. The molecule has 2 aliphatic rings. The number of hydrogen-bond donors (Lipinski definition) is 1. The molecule has 1 fully saturated rings. The third-order valence-electron chi connectivity index (χ3n) is 5.61. The van der Waals surface area contributed by atoms with Crippen LogP contribution in [0.2, 0.25) is 0 Å². The molecule has 5 nitrogen and oxygen atoms in total. The van der Waals surface area contributed by atoms with Gasteiger partial charge in [0.15, 0.2) is 9.84 Å². The number of sulfone groups is 1.